The average Bonchev–Trinajstić information content (AvgIpc) is 2.18. The molecule has 0 heterocycles. The first-order chi connectivity index (χ1) is 6.67. The summed E-state index contributed by atoms with van der Waals surface area (Å²) in [6.45, 7) is 0. The molecular weight excluding hydrogens is 220 g/mol. The van der Waals surface area contributed by atoms with Gasteiger partial charge in [0.05, 0.1) is 12.1 Å². The third-order valence-corrected chi connectivity index (χ3v) is 2.24. The van der Waals surface area contributed by atoms with Gasteiger partial charge in [0.15, 0.2) is 5.11 Å². The highest BCUT2D eigenvalue weighted by Crippen LogP contribution is 2.26. The van der Waals surface area contributed by atoms with Crippen molar-refractivity contribution in [3.8, 4) is 5.75 Å². The Labute approximate surface area is 93.4 Å². The second-order valence-corrected chi connectivity index (χ2v) is 3.37. The van der Waals surface area contributed by atoms with Crippen molar-refractivity contribution in [2.24, 2.45) is 0 Å². The molecule has 0 amide bonds. The Hall–Kier alpha value is -1.00. The SMILES string of the molecule is CNC(=S)Nc1ccc(OC)c(Cl)c1. The molecule has 0 aliphatic heterocycles. The van der Waals surface area contributed by atoms with Crippen molar-refractivity contribution in [1.29, 1.82) is 0 Å². The van der Waals surface area contributed by atoms with E-state index in [-0.39, 0.29) is 0 Å². The molecule has 2 N–H and O–H groups in total. The van der Waals surface area contributed by atoms with E-state index in [1.807, 2.05) is 6.07 Å². The summed E-state index contributed by atoms with van der Waals surface area (Å²) in [5, 5.41) is 6.87. The smallest absolute Gasteiger partial charge is 0.170 e. The number of halogens is 1. The van der Waals surface area contributed by atoms with Crippen molar-refractivity contribution < 1.29 is 4.74 Å². The average molecular weight is 231 g/mol. The van der Waals surface area contributed by atoms with Gasteiger partial charge in [0.2, 0.25) is 0 Å². The van der Waals surface area contributed by atoms with Gasteiger partial charge in [-0.1, -0.05) is 11.6 Å². The fourth-order valence-corrected chi connectivity index (χ4v) is 1.31. The summed E-state index contributed by atoms with van der Waals surface area (Å²) in [4.78, 5) is 0. The molecular formula is C9H11ClN2OS. The molecule has 1 rings (SSSR count). The lowest BCUT2D eigenvalue weighted by molar-refractivity contribution is 0.415. The molecule has 1 aromatic rings. The summed E-state index contributed by atoms with van der Waals surface area (Å²) in [7, 11) is 3.33. The van der Waals surface area contributed by atoms with E-state index < -0.39 is 0 Å². The minimum atomic E-state index is 0.547. The molecule has 0 aliphatic rings. The van der Waals surface area contributed by atoms with Gasteiger partial charge in [0.1, 0.15) is 5.75 Å². The maximum absolute atomic E-state index is 5.93. The number of benzene rings is 1. The van der Waals surface area contributed by atoms with Crippen LogP contribution in [0.5, 0.6) is 5.75 Å². The molecule has 14 heavy (non-hydrogen) atoms. The summed E-state index contributed by atoms with van der Waals surface area (Å²) in [5.74, 6) is 0.646. The number of thiocarbonyl (C=S) groups is 1. The van der Waals surface area contributed by atoms with E-state index >= 15 is 0 Å². The Bertz CT molecular complexity index is 344. The molecule has 0 fully saturated rings. The van der Waals surface area contributed by atoms with Crippen molar-refractivity contribution in [2.45, 2.75) is 0 Å². The van der Waals surface area contributed by atoms with Gasteiger partial charge in [-0.3, -0.25) is 0 Å². The van der Waals surface area contributed by atoms with E-state index in [1.54, 1.807) is 26.3 Å². The normalized spacial score (nSPS) is 9.36. The van der Waals surface area contributed by atoms with Crippen molar-refractivity contribution >= 4 is 34.6 Å². The minimum Gasteiger partial charge on any atom is -0.495 e. The van der Waals surface area contributed by atoms with E-state index in [0.717, 1.165) is 5.69 Å². The molecule has 0 unspecified atom stereocenters. The van der Waals surface area contributed by atoms with Gasteiger partial charge in [-0.05, 0) is 30.4 Å². The maximum Gasteiger partial charge on any atom is 0.170 e. The molecule has 0 aliphatic carbocycles. The Morgan fingerprint density at radius 1 is 1.50 bits per heavy atom. The first-order valence-corrected chi connectivity index (χ1v) is 4.78. The van der Waals surface area contributed by atoms with Crippen LogP contribution in [-0.4, -0.2) is 19.3 Å². The van der Waals surface area contributed by atoms with Crippen molar-refractivity contribution in [3.63, 3.8) is 0 Å². The van der Waals surface area contributed by atoms with Crippen molar-refractivity contribution in [2.75, 3.05) is 19.5 Å². The van der Waals surface area contributed by atoms with Crippen LogP contribution < -0.4 is 15.4 Å². The van der Waals surface area contributed by atoms with Gasteiger partial charge in [-0.2, -0.15) is 0 Å². The van der Waals surface area contributed by atoms with E-state index in [0.29, 0.717) is 15.9 Å². The zero-order chi connectivity index (χ0) is 10.6. The zero-order valence-electron chi connectivity index (χ0n) is 7.93. The molecule has 1 aromatic carbocycles. The zero-order valence-corrected chi connectivity index (χ0v) is 9.50. The lowest BCUT2D eigenvalue weighted by Crippen LogP contribution is -2.24. The lowest BCUT2D eigenvalue weighted by atomic mass is 10.3. The quantitative estimate of drug-likeness (QED) is 0.764. The van der Waals surface area contributed by atoms with E-state index in [9.17, 15) is 0 Å². The molecule has 76 valence electrons. The van der Waals surface area contributed by atoms with Crippen molar-refractivity contribution in [1.82, 2.24) is 5.32 Å². The number of anilines is 1. The molecule has 0 aromatic heterocycles. The second kappa shape index (κ2) is 5.02. The highest BCUT2D eigenvalue weighted by molar-refractivity contribution is 7.80. The number of rotatable bonds is 2. The number of hydrogen-bond donors (Lipinski definition) is 2. The fraction of sp³-hybridized carbons (Fsp3) is 0.222. The molecule has 0 saturated carbocycles. The number of nitrogens with one attached hydrogen (secondary N) is 2. The van der Waals surface area contributed by atoms with Gasteiger partial charge >= 0.3 is 0 Å². The Morgan fingerprint density at radius 2 is 2.21 bits per heavy atom. The van der Waals surface area contributed by atoms with Crippen LogP contribution in [-0.2, 0) is 0 Å². The maximum atomic E-state index is 5.93. The fourth-order valence-electron chi connectivity index (χ4n) is 0.938. The molecule has 0 atom stereocenters. The minimum absolute atomic E-state index is 0.547. The predicted octanol–water partition coefficient (Wildman–Crippen LogP) is 2.26. The van der Waals surface area contributed by atoms with Crippen LogP contribution >= 0.6 is 23.8 Å². The largest absolute Gasteiger partial charge is 0.495 e. The molecule has 0 bridgehead atoms. The summed E-state index contributed by atoms with van der Waals surface area (Å²) in [6, 6.07) is 5.38. The third-order valence-electron chi connectivity index (χ3n) is 1.64. The Kier molecular flexibility index (Phi) is 3.98. The third kappa shape index (κ3) is 2.75. The van der Waals surface area contributed by atoms with Crippen LogP contribution in [0.3, 0.4) is 0 Å². The molecule has 3 nitrogen and oxygen atoms in total. The Morgan fingerprint density at radius 3 is 2.71 bits per heavy atom. The number of methoxy groups -OCH3 is 1. The van der Waals surface area contributed by atoms with Gasteiger partial charge in [0, 0.05) is 12.7 Å². The molecule has 5 heteroatoms. The summed E-state index contributed by atoms with van der Waals surface area (Å²) < 4.78 is 5.02. The first-order valence-electron chi connectivity index (χ1n) is 3.99. The standard InChI is InChI=1S/C9H11ClN2OS/c1-11-9(14)12-6-3-4-8(13-2)7(10)5-6/h3-5H,1-2H3,(H2,11,12,14). The van der Waals surface area contributed by atoms with E-state index in [1.165, 1.54) is 0 Å². The monoisotopic (exact) mass is 230 g/mol. The molecule has 0 spiro atoms. The Balaban J connectivity index is 2.81. The first kappa shape index (κ1) is 11.1. The van der Waals surface area contributed by atoms with Crippen molar-refractivity contribution in [3.05, 3.63) is 23.2 Å². The highest BCUT2D eigenvalue weighted by Gasteiger charge is 2.01. The highest BCUT2D eigenvalue weighted by atomic mass is 35.5. The van der Waals surface area contributed by atoms with Gasteiger partial charge in [-0.15, -0.1) is 0 Å². The topological polar surface area (TPSA) is 33.3 Å². The number of ether oxygens (including phenoxy) is 1. The predicted molar refractivity (Wildman–Crippen MR) is 63.3 cm³/mol. The van der Waals surface area contributed by atoms with Crippen LogP contribution in [0.25, 0.3) is 0 Å². The number of hydrogen-bond acceptors (Lipinski definition) is 2. The van der Waals surface area contributed by atoms with Gasteiger partial charge < -0.3 is 15.4 Å². The molecule has 0 saturated heterocycles. The van der Waals surface area contributed by atoms with Crippen LogP contribution in [0.1, 0.15) is 0 Å². The summed E-state index contributed by atoms with van der Waals surface area (Å²) >= 11 is 10.9. The second-order valence-electron chi connectivity index (χ2n) is 2.55. The van der Waals surface area contributed by atoms with E-state index in [4.69, 9.17) is 28.6 Å². The van der Waals surface area contributed by atoms with Crippen LogP contribution in [0.2, 0.25) is 5.02 Å². The molecule has 0 radical (unpaired) electrons. The summed E-state index contributed by atoms with van der Waals surface area (Å²) in [6.07, 6.45) is 0. The van der Waals surface area contributed by atoms with E-state index in [2.05, 4.69) is 10.6 Å². The van der Waals surface area contributed by atoms with Gasteiger partial charge in [0.25, 0.3) is 0 Å². The lowest BCUT2D eigenvalue weighted by Gasteiger charge is -2.08. The van der Waals surface area contributed by atoms with Gasteiger partial charge in [-0.25, -0.2) is 0 Å². The van der Waals surface area contributed by atoms with Crippen LogP contribution in [0, 0.1) is 0 Å². The summed E-state index contributed by atoms with van der Waals surface area (Å²) in [5.41, 5.74) is 0.829. The van der Waals surface area contributed by atoms with Crippen LogP contribution in [0.15, 0.2) is 18.2 Å². The van der Waals surface area contributed by atoms with Crippen LogP contribution in [0.4, 0.5) is 5.69 Å².